The summed E-state index contributed by atoms with van der Waals surface area (Å²) in [6.07, 6.45) is 9.13. The van der Waals surface area contributed by atoms with Gasteiger partial charge in [0, 0.05) is 13.0 Å². The average Bonchev–Trinajstić information content (AvgIpc) is 2.98. The van der Waals surface area contributed by atoms with Gasteiger partial charge in [-0.05, 0) is 25.0 Å². The predicted octanol–water partition coefficient (Wildman–Crippen LogP) is 1.80. The Kier molecular flexibility index (Phi) is 4.90. The van der Waals surface area contributed by atoms with Crippen LogP contribution in [0.3, 0.4) is 0 Å². The van der Waals surface area contributed by atoms with Gasteiger partial charge in [-0.15, -0.1) is 17.4 Å². The van der Waals surface area contributed by atoms with E-state index in [2.05, 4.69) is 21.4 Å². The highest BCUT2D eigenvalue weighted by Crippen LogP contribution is 2.04. The number of unbranched alkanes of at least 4 members (excludes halogenated alkanes) is 2. The van der Waals surface area contributed by atoms with E-state index in [0.717, 1.165) is 24.9 Å². The fourth-order valence-electron chi connectivity index (χ4n) is 1.70. The predicted molar refractivity (Wildman–Crippen MR) is 76.4 cm³/mol. The molecular formula is C15H16N4O. The Balaban J connectivity index is 1.89. The van der Waals surface area contributed by atoms with Gasteiger partial charge in [-0.3, -0.25) is 4.79 Å². The SMILES string of the molecule is C#CCCCCNC(=O)c1cnn(-c2ccccc2)n1. The van der Waals surface area contributed by atoms with Gasteiger partial charge in [-0.1, -0.05) is 18.2 Å². The number of aromatic nitrogens is 3. The van der Waals surface area contributed by atoms with Crippen molar-refractivity contribution in [2.75, 3.05) is 6.54 Å². The molecule has 2 rings (SSSR count). The molecule has 0 aliphatic carbocycles. The van der Waals surface area contributed by atoms with Gasteiger partial charge >= 0.3 is 0 Å². The fraction of sp³-hybridized carbons (Fsp3) is 0.267. The third-order valence-electron chi connectivity index (χ3n) is 2.75. The molecule has 0 bridgehead atoms. The summed E-state index contributed by atoms with van der Waals surface area (Å²) in [6, 6.07) is 9.45. The maximum absolute atomic E-state index is 11.9. The number of rotatable bonds is 6. The van der Waals surface area contributed by atoms with E-state index in [1.807, 2.05) is 30.3 Å². The van der Waals surface area contributed by atoms with Crippen molar-refractivity contribution < 1.29 is 4.79 Å². The monoisotopic (exact) mass is 268 g/mol. The topological polar surface area (TPSA) is 59.8 Å². The van der Waals surface area contributed by atoms with Crippen LogP contribution in [0.1, 0.15) is 29.8 Å². The number of para-hydroxylation sites is 1. The van der Waals surface area contributed by atoms with Crippen molar-refractivity contribution in [3.05, 3.63) is 42.2 Å². The smallest absolute Gasteiger partial charge is 0.273 e. The standard InChI is InChI=1S/C15H16N4O/c1-2-3-4-8-11-16-15(20)14-12-17-19(18-14)13-9-6-5-7-10-13/h1,5-7,9-10,12H,3-4,8,11H2,(H,16,20). The fourth-order valence-corrected chi connectivity index (χ4v) is 1.70. The Morgan fingerprint density at radius 3 is 2.85 bits per heavy atom. The Hall–Kier alpha value is -2.61. The molecule has 5 nitrogen and oxygen atoms in total. The average molecular weight is 268 g/mol. The van der Waals surface area contributed by atoms with Crippen molar-refractivity contribution in [3.8, 4) is 18.0 Å². The summed E-state index contributed by atoms with van der Waals surface area (Å²) in [4.78, 5) is 13.3. The van der Waals surface area contributed by atoms with Crippen LogP contribution in [0.2, 0.25) is 0 Å². The maximum Gasteiger partial charge on any atom is 0.273 e. The van der Waals surface area contributed by atoms with Crippen molar-refractivity contribution in [3.63, 3.8) is 0 Å². The largest absolute Gasteiger partial charge is 0.351 e. The first-order valence-corrected chi connectivity index (χ1v) is 6.50. The van der Waals surface area contributed by atoms with Crippen LogP contribution in [0, 0.1) is 12.3 Å². The minimum absolute atomic E-state index is 0.215. The Labute approximate surface area is 118 Å². The van der Waals surface area contributed by atoms with Crippen molar-refractivity contribution in [2.45, 2.75) is 19.3 Å². The summed E-state index contributed by atoms with van der Waals surface area (Å²) in [5.74, 6) is 2.36. The maximum atomic E-state index is 11.9. The third-order valence-corrected chi connectivity index (χ3v) is 2.75. The van der Waals surface area contributed by atoms with Crippen molar-refractivity contribution in [1.82, 2.24) is 20.3 Å². The van der Waals surface area contributed by atoms with Crippen LogP contribution in [-0.4, -0.2) is 27.4 Å². The van der Waals surface area contributed by atoms with E-state index < -0.39 is 0 Å². The first kappa shape index (κ1) is 13.8. The Morgan fingerprint density at radius 1 is 1.30 bits per heavy atom. The van der Waals surface area contributed by atoms with Gasteiger partial charge < -0.3 is 5.32 Å². The van der Waals surface area contributed by atoms with Gasteiger partial charge in [0.15, 0.2) is 5.69 Å². The van der Waals surface area contributed by atoms with Crippen LogP contribution in [0.15, 0.2) is 36.5 Å². The molecule has 0 unspecified atom stereocenters. The van der Waals surface area contributed by atoms with E-state index in [0.29, 0.717) is 12.2 Å². The zero-order valence-electron chi connectivity index (χ0n) is 11.1. The summed E-state index contributed by atoms with van der Waals surface area (Å²) < 4.78 is 0. The number of carbonyl (C=O) groups is 1. The molecule has 1 aromatic carbocycles. The van der Waals surface area contributed by atoms with E-state index in [9.17, 15) is 4.79 Å². The zero-order valence-corrected chi connectivity index (χ0v) is 11.1. The molecular weight excluding hydrogens is 252 g/mol. The second-order valence-corrected chi connectivity index (χ2v) is 4.27. The van der Waals surface area contributed by atoms with Gasteiger partial charge in [-0.25, -0.2) is 0 Å². The number of hydrogen-bond acceptors (Lipinski definition) is 3. The lowest BCUT2D eigenvalue weighted by Crippen LogP contribution is -2.25. The number of amides is 1. The molecule has 20 heavy (non-hydrogen) atoms. The van der Waals surface area contributed by atoms with Crippen LogP contribution < -0.4 is 5.32 Å². The number of carbonyl (C=O) groups excluding carboxylic acids is 1. The molecule has 0 saturated carbocycles. The molecule has 0 aliphatic heterocycles. The minimum Gasteiger partial charge on any atom is -0.351 e. The highest BCUT2D eigenvalue weighted by atomic mass is 16.2. The number of terminal acetylenes is 1. The highest BCUT2D eigenvalue weighted by molar-refractivity contribution is 5.91. The summed E-state index contributed by atoms with van der Waals surface area (Å²) in [7, 11) is 0. The lowest BCUT2D eigenvalue weighted by atomic mass is 10.2. The van der Waals surface area contributed by atoms with Gasteiger partial charge in [0.1, 0.15) is 0 Å². The normalized spacial score (nSPS) is 9.95. The molecule has 1 heterocycles. The minimum atomic E-state index is -0.215. The van der Waals surface area contributed by atoms with Crippen LogP contribution in [0.4, 0.5) is 0 Å². The van der Waals surface area contributed by atoms with Crippen LogP contribution in [0.25, 0.3) is 5.69 Å². The van der Waals surface area contributed by atoms with Crippen molar-refractivity contribution in [2.24, 2.45) is 0 Å². The molecule has 0 spiro atoms. The molecule has 1 amide bonds. The third kappa shape index (κ3) is 3.69. The molecule has 0 radical (unpaired) electrons. The molecule has 2 aromatic rings. The number of benzene rings is 1. The van der Waals surface area contributed by atoms with Crippen molar-refractivity contribution in [1.29, 1.82) is 0 Å². The molecule has 1 N–H and O–H groups in total. The summed E-state index contributed by atoms with van der Waals surface area (Å²) >= 11 is 0. The van der Waals surface area contributed by atoms with Gasteiger partial charge in [0.2, 0.25) is 0 Å². The van der Waals surface area contributed by atoms with Crippen LogP contribution in [-0.2, 0) is 0 Å². The Bertz CT molecular complexity index is 598. The lowest BCUT2D eigenvalue weighted by molar-refractivity contribution is 0.0947. The molecule has 0 saturated heterocycles. The van der Waals surface area contributed by atoms with E-state index in [-0.39, 0.29) is 5.91 Å². The number of hydrogen-bond donors (Lipinski definition) is 1. The lowest BCUT2D eigenvalue weighted by Gasteiger charge is -2.01. The van der Waals surface area contributed by atoms with Crippen LogP contribution in [0.5, 0.6) is 0 Å². The molecule has 5 heteroatoms. The van der Waals surface area contributed by atoms with Crippen molar-refractivity contribution >= 4 is 5.91 Å². The molecule has 0 fully saturated rings. The molecule has 0 atom stereocenters. The number of nitrogens with one attached hydrogen (secondary N) is 1. The van der Waals surface area contributed by atoms with Gasteiger partial charge in [0.05, 0.1) is 11.9 Å². The molecule has 0 aliphatic rings. The second kappa shape index (κ2) is 7.10. The second-order valence-electron chi connectivity index (χ2n) is 4.27. The first-order valence-electron chi connectivity index (χ1n) is 6.50. The summed E-state index contributed by atoms with van der Waals surface area (Å²) in [6.45, 7) is 0.596. The highest BCUT2D eigenvalue weighted by Gasteiger charge is 2.10. The quantitative estimate of drug-likeness (QED) is 0.642. The van der Waals surface area contributed by atoms with Crippen LogP contribution >= 0.6 is 0 Å². The Morgan fingerprint density at radius 2 is 2.10 bits per heavy atom. The zero-order chi connectivity index (χ0) is 14.2. The molecule has 1 aromatic heterocycles. The van der Waals surface area contributed by atoms with E-state index >= 15 is 0 Å². The van der Waals surface area contributed by atoms with E-state index in [1.165, 1.54) is 11.0 Å². The molecule has 102 valence electrons. The van der Waals surface area contributed by atoms with Gasteiger partial charge in [-0.2, -0.15) is 9.90 Å². The number of nitrogens with zero attached hydrogens (tertiary/aromatic N) is 3. The van der Waals surface area contributed by atoms with E-state index in [4.69, 9.17) is 6.42 Å². The van der Waals surface area contributed by atoms with E-state index in [1.54, 1.807) is 0 Å². The summed E-state index contributed by atoms with van der Waals surface area (Å²) in [5, 5.41) is 11.0. The first-order chi connectivity index (χ1) is 9.81. The van der Waals surface area contributed by atoms with Gasteiger partial charge in [0.25, 0.3) is 5.91 Å². The summed E-state index contributed by atoms with van der Waals surface area (Å²) in [5.41, 5.74) is 1.13.